The molecule has 17 heavy (non-hydrogen) atoms. The fourth-order valence-electron chi connectivity index (χ4n) is 1.94. The Hall–Kier alpha value is -0.960. The smallest absolute Gasteiger partial charge is 0.129 e. The van der Waals surface area contributed by atoms with Crippen LogP contribution in [0.5, 0.6) is 0 Å². The Kier molecular flexibility index (Phi) is 4.63. The highest BCUT2D eigenvalue weighted by atomic mass is 19.1. The van der Waals surface area contributed by atoms with Gasteiger partial charge in [0, 0.05) is 11.6 Å². The van der Waals surface area contributed by atoms with E-state index in [9.17, 15) is 8.78 Å². The van der Waals surface area contributed by atoms with Crippen LogP contribution in [-0.2, 0) is 5.41 Å². The number of benzene rings is 1. The summed E-state index contributed by atoms with van der Waals surface area (Å²) in [6, 6.07) is 4.42. The Balaban J connectivity index is 2.82. The topological polar surface area (TPSA) is 12.0 Å². The molecule has 3 heteroatoms. The van der Waals surface area contributed by atoms with Crippen molar-refractivity contribution in [3.05, 3.63) is 35.4 Å². The molecular formula is C14H21F2N. The normalized spacial score (nSPS) is 12.2. The van der Waals surface area contributed by atoms with Crippen LogP contribution >= 0.6 is 0 Å². The maximum absolute atomic E-state index is 13.7. The largest absolute Gasteiger partial charge is 0.315 e. The first kappa shape index (κ1) is 14.1. The SMILES string of the molecule is CC(C)NCCC(C)(C)c1c(F)cccc1F. The maximum Gasteiger partial charge on any atom is 0.129 e. The number of halogens is 2. The first-order valence-corrected chi connectivity index (χ1v) is 6.02. The molecule has 1 rings (SSSR count). The van der Waals surface area contributed by atoms with Crippen molar-refractivity contribution in [3.63, 3.8) is 0 Å². The maximum atomic E-state index is 13.7. The Morgan fingerprint density at radius 1 is 1.18 bits per heavy atom. The van der Waals surface area contributed by atoms with E-state index in [-0.39, 0.29) is 5.56 Å². The van der Waals surface area contributed by atoms with E-state index in [1.54, 1.807) is 0 Å². The average molecular weight is 241 g/mol. The van der Waals surface area contributed by atoms with Crippen molar-refractivity contribution in [2.75, 3.05) is 6.54 Å². The lowest BCUT2D eigenvalue weighted by Gasteiger charge is -2.26. The lowest BCUT2D eigenvalue weighted by molar-refractivity contribution is 0.401. The van der Waals surface area contributed by atoms with Gasteiger partial charge >= 0.3 is 0 Å². The molecule has 1 N–H and O–H groups in total. The van der Waals surface area contributed by atoms with Crippen LogP contribution in [0.3, 0.4) is 0 Å². The van der Waals surface area contributed by atoms with E-state index in [2.05, 4.69) is 19.2 Å². The minimum absolute atomic E-state index is 0.186. The summed E-state index contributed by atoms with van der Waals surface area (Å²) < 4.78 is 27.3. The Morgan fingerprint density at radius 2 is 1.71 bits per heavy atom. The van der Waals surface area contributed by atoms with Gasteiger partial charge in [0.15, 0.2) is 0 Å². The first-order chi connectivity index (χ1) is 7.84. The van der Waals surface area contributed by atoms with Crippen LogP contribution in [0, 0.1) is 11.6 Å². The van der Waals surface area contributed by atoms with Gasteiger partial charge in [0.25, 0.3) is 0 Å². The van der Waals surface area contributed by atoms with Crippen molar-refractivity contribution < 1.29 is 8.78 Å². The highest BCUT2D eigenvalue weighted by Gasteiger charge is 2.27. The number of nitrogens with one attached hydrogen (secondary N) is 1. The second kappa shape index (κ2) is 5.58. The molecule has 0 unspecified atom stereocenters. The molecule has 0 atom stereocenters. The quantitative estimate of drug-likeness (QED) is 0.830. The second-order valence-electron chi connectivity index (χ2n) is 5.34. The summed E-state index contributed by atoms with van der Waals surface area (Å²) in [7, 11) is 0. The first-order valence-electron chi connectivity index (χ1n) is 6.02. The van der Waals surface area contributed by atoms with E-state index in [1.165, 1.54) is 18.2 Å². The number of rotatable bonds is 5. The molecule has 1 aromatic rings. The van der Waals surface area contributed by atoms with Crippen molar-refractivity contribution >= 4 is 0 Å². The predicted molar refractivity (Wildman–Crippen MR) is 67.1 cm³/mol. The van der Waals surface area contributed by atoms with Crippen LogP contribution in [0.2, 0.25) is 0 Å². The molecule has 0 fully saturated rings. The monoisotopic (exact) mass is 241 g/mol. The number of hydrogen-bond donors (Lipinski definition) is 1. The number of hydrogen-bond acceptors (Lipinski definition) is 1. The Morgan fingerprint density at radius 3 is 2.18 bits per heavy atom. The van der Waals surface area contributed by atoms with Crippen molar-refractivity contribution in [1.82, 2.24) is 5.32 Å². The Labute approximate surface area is 102 Å². The van der Waals surface area contributed by atoms with Gasteiger partial charge in [0.1, 0.15) is 11.6 Å². The van der Waals surface area contributed by atoms with Crippen LogP contribution in [-0.4, -0.2) is 12.6 Å². The van der Waals surface area contributed by atoms with Gasteiger partial charge in [-0.3, -0.25) is 0 Å². The second-order valence-corrected chi connectivity index (χ2v) is 5.34. The molecular weight excluding hydrogens is 220 g/mol. The third kappa shape index (κ3) is 3.77. The molecule has 1 nitrogen and oxygen atoms in total. The van der Waals surface area contributed by atoms with Crippen LogP contribution in [0.4, 0.5) is 8.78 Å². The van der Waals surface area contributed by atoms with Crippen LogP contribution in [0.15, 0.2) is 18.2 Å². The van der Waals surface area contributed by atoms with Crippen molar-refractivity contribution in [1.29, 1.82) is 0 Å². The zero-order valence-corrected chi connectivity index (χ0v) is 11.0. The minimum Gasteiger partial charge on any atom is -0.315 e. The van der Waals surface area contributed by atoms with E-state index < -0.39 is 17.0 Å². The van der Waals surface area contributed by atoms with E-state index in [4.69, 9.17) is 0 Å². The Bertz CT molecular complexity index is 352. The van der Waals surface area contributed by atoms with Gasteiger partial charge in [-0.05, 0) is 30.5 Å². The van der Waals surface area contributed by atoms with Gasteiger partial charge in [0.2, 0.25) is 0 Å². The minimum atomic E-state index is -0.503. The third-order valence-corrected chi connectivity index (χ3v) is 2.94. The summed E-state index contributed by atoms with van der Waals surface area (Å²) >= 11 is 0. The van der Waals surface area contributed by atoms with Crippen molar-refractivity contribution in [3.8, 4) is 0 Å². The fraction of sp³-hybridized carbons (Fsp3) is 0.571. The van der Waals surface area contributed by atoms with Gasteiger partial charge in [-0.1, -0.05) is 33.8 Å². The zero-order valence-electron chi connectivity index (χ0n) is 11.0. The van der Waals surface area contributed by atoms with Crippen molar-refractivity contribution in [2.45, 2.75) is 45.6 Å². The lowest BCUT2D eigenvalue weighted by atomic mass is 9.81. The van der Waals surface area contributed by atoms with Crippen LogP contribution in [0.1, 0.15) is 39.7 Å². The predicted octanol–water partition coefficient (Wildman–Crippen LogP) is 3.63. The van der Waals surface area contributed by atoms with E-state index in [1.807, 2.05) is 13.8 Å². The highest BCUT2D eigenvalue weighted by molar-refractivity contribution is 5.27. The molecule has 0 saturated carbocycles. The van der Waals surface area contributed by atoms with Gasteiger partial charge < -0.3 is 5.32 Å². The average Bonchev–Trinajstić information content (AvgIpc) is 2.15. The van der Waals surface area contributed by atoms with E-state index in [0.29, 0.717) is 12.5 Å². The van der Waals surface area contributed by atoms with Gasteiger partial charge in [-0.25, -0.2) is 8.78 Å². The van der Waals surface area contributed by atoms with Crippen molar-refractivity contribution in [2.24, 2.45) is 0 Å². The molecule has 0 saturated heterocycles. The zero-order chi connectivity index (χ0) is 13.1. The third-order valence-electron chi connectivity index (χ3n) is 2.94. The van der Waals surface area contributed by atoms with E-state index >= 15 is 0 Å². The summed E-state index contributed by atoms with van der Waals surface area (Å²) in [4.78, 5) is 0. The van der Waals surface area contributed by atoms with E-state index in [0.717, 1.165) is 6.54 Å². The molecule has 0 aliphatic rings. The van der Waals surface area contributed by atoms with Gasteiger partial charge in [0.05, 0.1) is 0 Å². The molecule has 0 aliphatic carbocycles. The molecule has 0 spiro atoms. The lowest BCUT2D eigenvalue weighted by Crippen LogP contribution is -2.30. The van der Waals surface area contributed by atoms with Gasteiger partial charge in [-0.15, -0.1) is 0 Å². The van der Waals surface area contributed by atoms with Gasteiger partial charge in [-0.2, -0.15) is 0 Å². The molecule has 0 amide bonds. The molecule has 96 valence electrons. The molecule has 1 aromatic carbocycles. The summed E-state index contributed by atoms with van der Waals surface area (Å²) in [5, 5.41) is 3.27. The summed E-state index contributed by atoms with van der Waals surface area (Å²) in [6.07, 6.45) is 0.697. The molecule has 0 radical (unpaired) electrons. The van der Waals surface area contributed by atoms with Crippen LogP contribution in [0.25, 0.3) is 0 Å². The highest BCUT2D eigenvalue weighted by Crippen LogP contribution is 2.31. The summed E-state index contributed by atoms with van der Waals surface area (Å²) in [5.41, 5.74) is -0.317. The standard InChI is InChI=1S/C14H21F2N/c1-10(2)17-9-8-14(3,4)13-11(15)6-5-7-12(13)16/h5-7,10,17H,8-9H2,1-4H3. The summed E-state index contributed by atoms with van der Waals surface area (Å²) in [6.45, 7) is 8.60. The molecule has 0 aliphatic heterocycles. The fourth-order valence-corrected chi connectivity index (χ4v) is 1.94. The molecule has 0 heterocycles. The van der Waals surface area contributed by atoms with Crippen LogP contribution < -0.4 is 5.32 Å². The summed E-state index contributed by atoms with van der Waals surface area (Å²) in [5.74, 6) is -0.918. The molecule has 0 aromatic heterocycles. The molecule has 0 bridgehead atoms.